The standard InChI is InChI=1S/C54H71N5O14PSi2/c1-52(2,3)75(9,10)72-42-33-41(70-48(42)58-30-27-44(60)56-50(58)62)34-69-74(64,68-32-16-29-55)47-43(71-49(59-31-28-45(61)57-51(59)63)46(47)73-76(11,12)53(4,5)6)35-67-54(36-17-14-13-15-18-36,37-19-23-39(65-7)24-20-37)38-21-25-40(66-8)26-22-38/h13-15,17-28,30-31,33,41-43,46-49H,16,32,34-35H2,1-12H3,(H,56,60,62)(H,57,61,63)/t41-,42+,43+,46-,47-,48+,49+,74?/m0/s1. The lowest BCUT2D eigenvalue weighted by Crippen LogP contribution is -2.50. The van der Waals surface area contributed by atoms with E-state index < -0.39 is 107 Å². The molecule has 2 aliphatic heterocycles. The summed E-state index contributed by atoms with van der Waals surface area (Å²) in [5, 5.41) is 9.13. The molecule has 2 aromatic heterocycles. The summed E-state index contributed by atoms with van der Waals surface area (Å²) in [7, 11) is -7.11. The van der Waals surface area contributed by atoms with Gasteiger partial charge in [-0.15, -0.1) is 0 Å². The zero-order valence-corrected chi connectivity index (χ0v) is 48.2. The van der Waals surface area contributed by atoms with Crippen molar-refractivity contribution in [3.8, 4) is 17.6 Å². The number of hydrogen-bond donors (Lipinski definition) is 2. The normalized spacial score (nSPS) is 22.2. The van der Waals surface area contributed by atoms with Crippen molar-refractivity contribution >= 4 is 24.2 Å². The Bertz CT molecular complexity index is 3060. The third-order valence-corrected chi connectivity index (χ3v) is 26.3. The molecule has 5 aromatic rings. The lowest BCUT2D eigenvalue weighted by molar-refractivity contribution is -0.0867. The molecule has 0 bridgehead atoms. The Labute approximate surface area is 445 Å². The van der Waals surface area contributed by atoms with Crippen molar-refractivity contribution in [1.82, 2.24) is 19.1 Å². The molecule has 2 N–H and O–H groups in total. The van der Waals surface area contributed by atoms with Crippen molar-refractivity contribution in [3.63, 3.8) is 0 Å². The molecule has 4 heterocycles. The highest BCUT2D eigenvalue weighted by molar-refractivity contribution is 7.54. The number of H-pyrrole nitrogens is 2. The Morgan fingerprint density at radius 1 is 0.658 bits per heavy atom. The van der Waals surface area contributed by atoms with Crippen molar-refractivity contribution in [2.24, 2.45) is 0 Å². The van der Waals surface area contributed by atoms with Gasteiger partial charge in [-0.25, -0.2) is 9.59 Å². The molecule has 19 nitrogen and oxygen atoms in total. The number of aromatic nitrogens is 4. The van der Waals surface area contributed by atoms with E-state index in [2.05, 4.69) is 49.9 Å². The fraction of sp³-hybridized carbons (Fsp3) is 0.481. The van der Waals surface area contributed by atoms with Gasteiger partial charge in [0.15, 0.2) is 29.1 Å². The van der Waals surface area contributed by atoms with Crippen molar-refractivity contribution < 1.29 is 46.1 Å². The summed E-state index contributed by atoms with van der Waals surface area (Å²) in [4.78, 5) is 56.7. The van der Waals surface area contributed by atoms with Gasteiger partial charge in [0, 0.05) is 30.9 Å². The summed E-state index contributed by atoms with van der Waals surface area (Å²) in [5.41, 5.74) is -3.51. The molecular weight excluding hydrogens is 1030 g/mol. The maximum Gasteiger partial charge on any atom is 0.339 e. The molecular formula is C54H71N5O14PSi2. The second-order valence-corrected chi connectivity index (χ2v) is 33.6. The van der Waals surface area contributed by atoms with E-state index >= 15 is 4.57 Å². The van der Waals surface area contributed by atoms with Crippen LogP contribution in [0.25, 0.3) is 0 Å². The highest BCUT2D eigenvalue weighted by Crippen LogP contribution is 2.62. The van der Waals surface area contributed by atoms with Gasteiger partial charge in [-0.3, -0.25) is 33.3 Å². The topological polar surface area (TPSA) is 234 Å². The molecule has 0 saturated carbocycles. The maximum atomic E-state index is 16.6. The van der Waals surface area contributed by atoms with E-state index in [4.69, 9.17) is 41.6 Å². The average Bonchev–Trinajstić information content (AvgIpc) is 3.93. The molecule has 2 saturated heterocycles. The Morgan fingerprint density at radius 2 is 1.16 bits per heavy atom. The first kappa shape index (κ1) is 58.2. The molecule has 0 aliphatic carbocycles. The first-order valence-corrected chi connectivity index (χ1v) is 32.6. The van der Waals surface area contributed by atoms with E-state index in [0.717, 1.165) is 0 Å². The predicted octanol–water partition coefficient (Wildman–Crippen LogP) is 8.40. The van der Waals surface area contributed by atoms with E-state index in [0.29, 0.717) is 28.2 Å². The molecule has 1 unspecified atom stereocenters. The minimum Gasteiger partial charge on any atom is -0.497 e. The van der Waals surface area contributed by atoms with Gasteiger partial charge in [-0.05, 0) is 77.2 Å². The summed E-state index contributed by atoms with van der Waals surface area (Å²) in [5.74, 6) is 1.20. The van der Waals surface area contributed by atoms with Crippen LogP contribution in [0, 0.1) is 17.8 Å². The van der Waals surface area contributed by atoms with Gasteiger partial charge in [0.2, 0.25) is 0 Å². The minimum absolute atomic E-state index is 0.184. The Hall–Kier alpha value is -5.51. The van der Waals surface area contributed by atoms with Crippen molar-refractivity contribution in [2.75, 3.05) is 34.0 Å². The van der Waals surface area contributed by atoms with Crippen LogP contribution in [0.2, 0.25) is 36.3 Å². The zero-order valence-electron chi connectivity index (χ0n) is 45.3. The number of benzene rings is 3. The third kappa shape index (κ3) is 12.4. The van der Waals surface area contributed by atoms with E-state index in [1.54, 1.807) is 20.6 Å². The predicted molar refractivity (Wildman–Crippen MR) is 291 cm³/mol. The lowest BCUT2D eigenvalue weighted by Gasteiger charge is -2.42. The summed E-state index contributed by atoms with van der Waals surface area (Å²) in [6.07, 6.45) is -2.63. The Balaban J connectivity index is 1.39. The van der Waals surface area contributed by atoms with Crippen LogP contribution < -0.4 is 32.0 Å². The monoisotopic (exact) mass is 1100 g/mol. The lowest BCUT2D eigenvalue weighted by atomic mass is 9.80. The van der Waals surface area contributed by atoms with Crippen LogP contribution in [0.1, 0.15) is 77.1 Å². The highest BCUT2D eigenvalue weighted by Gasteiger charge is 2.60. The smallest absolute Gasteiger partial charge is 0.339 e. The van der Waals surface area contributed by atoms with E-state index in [1.165, 1.54) is 33.7 Å². The molecule has 0 spiro atoms. The van der Waals surface area contributed by atoms with Gasteiger partial charge >= 0.3 is 19.0 Å². The molecule has 2 aliphatic rings. The first-order valence-electron chi connectivity index (χ1n) is 25.2. The van der Waals surface area contributed by atoms with Gasteiger partial charge in [-0.1, -0.05) is 96.1 Å². The Kier molecular flexibility index (Phi) is 17.8. The van der Waals surface area contributed by atoms with Gasteiger partial charge in [0.25, 0.3) is 11.1 Å². The molecule has 7 rings (SSSR count). The van der Waals surface area contributed by atoms with Crippen LogP contribution in [-0.2, 0) is 42.3 Å². The quantitative estimate of drug-likeness (QED) is 0.0304. The van der Waals surface area contributed by atoms with Crippen molar-refractivity contribution in [2.45, 2.75) is 132 Å². The molecule has 409 valence electrons. The minimum atomic E-state index is -4.72. The number of nitrogens with one attached hydrogen (secondary N) is 2. The molecule has 3 aromatic carbocycles. The average molecular weight is 1100 g/mol. The number of aromatic amines is 2. The molecule has 0 amide bonds. The fourth-order valence-corrected chi connectivity index (χ4v) is 13.7. The second kappa shape index (κ2) is 23.2. The van der Waals surface area contributed by atoms with Crippen LogP contribution >= 0.6 is 7.60 Å². The number of ether oxygens (including phenoxy) is 5. The first-order chi connectivity index (χ1) is 35.8. The van der Waals surface area contributed by atoms with Gasteiger partial charge in [0.05, 0.1) is 58.7 Å². The molecule has 2 fully saturated rings. The number of nitriles is 1. The van der Waals surface area contributed by atoms with E-state index in [1.807, 2.05) is 113 Å². The van der Waals surface area contributed by atoms with E-state index in [9.17, 15) is 24.4 Å². The number of hydrogen-bond acceptors (Lipinski definition) is 15. The van der Waals surface area contributed by atoms with Crippen LogP contribution in [0.4, 0.5) is 0 Å². The zero-order chi connectivity index (χ0) is 55.4. The summed E-state index contributed by atoms with van der Waals surface area (Å²) in [6.45, 7) is 19.3. The largest absolute Gasteiger partial charge is 0.497 e. The molecule has 1 radical (unpaired) electrons. The second-order valence-electron chi connectivity index (χ2n) is 21.9. The number of methoxy groups -OCH3 is 2. The van der Waals surface area contributed by atoms with Crippen LogP contribution in [0.3, 0.4) is 0 Å². The summed E-state index contributed by atoms with van der Waals surface area (Å²) < 4.78 is 78.3. The van der Waals surface area contributed by atoms with Gasteiger partial charge in [0.1, 0.15) is 35.0 Å². The number of nitrogens with zero attached hydrogens (tertiary/aromatic N) is 3. The molecule has 76 heavy (non-hydrogen) atoms. The SMILES string of the molecule is COc1ccc(C(OC[C@H]2O[C@@H](n3ccc(=O)[nH]c3=O)[C@@H](O[Si](C)(C)C(C)(C)C)[C@H]2P(=O)(OCCC#N)OC[C@@H]2[CH][C@@H](O[Si](C)(C)C(C)(C)C)[C@H](n3ccc(=O)[nH]c3=O)O2)(c2ccccc2)c2ccc(OC)cc2)cc1. The molecule has 8 atom stereocenters. The fourth-order valence-electron chi connectivity index (χ4n) is 8.79. The van der Waals surface area contributed by atoms with Gasteiger partial charge in [-0.2, -0.15) is 5.26 Å². The summed E-state index contributed by atoms with van der Waals surface area (Å²) >= 11 is 0. The van der Waals surface area contributed by atoms with E-state index in [-0.39, 0.29) is 24.7 Å². The molecule has 22 heteroatoms. The van der Waals surface area contributed by atoms with Crippen molar-refractivity contribution in [3.05, 3.63) is 168 Å². The number of rotatable bonds is 21. The summed E-state index contributed by atoms with van der Waals surface area (Å²) in [6, 6.07) is 28.9. The third-order valence-electron chi connectivity index (χ3n) is 14.9. The van der Waals surface area contributed by atoms with Crippen LogP contribution in [0.5, 0.6) is 11.5 Å². The van der Waals surface area contributed by atoms with Crippen LogP contribution in [0.15, 0.2) is 123 Å². The maximum absolute atomic E-state index is 16.6. The van der Waals surface area contributed by atoms with Crippen LogP contribution in [-0.4, -0.2) is 99.9 Å². The van der Waals surface area contributed by atoms with Gasteiger partial charge < -0.3 is 41.6 Å². The highest BCUT2D eigenvalue weighted by atomic mass is 31.2. The van der Waals surface area contributed by atoms with Crippen molar-refractivity contribution in [1.29, 1.82) is 5.26 Å². The Morgan fingerprint density at radius 3 is 1.64 bits per heavy atom.